The van der Waals surface area contributed by atoms with Crippen molar-refractivity contribution in [2.75, 3.05) is 11.1 Å². The molecule has 8 heteroatoms. The van der Waals surface area contributed by atoms with E-state index in [1.165, 1.54) is 11.3 Å². The summed E-state index contributed by atoms with van der Waals surface area (Å²) in [4.78, 5) is 19.9. The molecule has 0 fully saturated rings. The minimum atomic E-state index is -0.634. The summed E-state index contributed by atoms with van der Waals surface area (Å²) in [5.41, 5.74) is 6.24. The molecule has 3 rings (SSSR count). The van der Waals surface area contributed by atoms with Crippen LogP contribution in [0.1, 0.15) is 10.4 Å². The lowest BCUT2D eigenvalue weighted by Crippen LogP contribution is -2.15. The maximum absolute atomic E-state index is 13.1. The third-order valence-electron chi connectivity index (χ3n) is 2.70. The van der Waals surface area contributed by atoms with Gasteiger partial charge in [-0.1, -0.05) is 22.9 Å². The Bertz CT molecular complexity index is 851. The van der Waals surface area contributed by atoms with Gasteiger partial charge in [0.1, 0.15) is 11.6 Å². The molecular formula is C13H8ClFN4OS. The fraction of sp³-hybridized carbons (Fsp3) is 0. The number of nitrogens with one attached hydrogen (secondary N) is 1. The van der Waals surface area contributed by atoms with Crippen LogP contribution in [0.2, 0.25) is 5.02 Å². The zero-order valence-corrected chi connectivity index (χ0v) is 12.0. The Kier molecular flexibility index (Phi) is 3.44. The fourth-order valence-corrected chi connectivity index (χ4v) is 2.89. The summed E-state index contributed by atoms with van der Waals surface area (Å²) in [5.74, 6) is -1.24. The van der Waals surface area contributed by atoms with E-state index in [-0.39, 0.29) is 11.4 Å². The van der Waals surface area contributed by atoms with Crippen LogP contribution >= 0.6 is 22.9 Å². The number of anilines is 2. The highest BCUT2D eigenvalue weighted by molar-refractivity contribution is 7.22. The summed E-state index contributed by atoms with van der Waals surface area (Å²) in [5, 5.41) is 3.54. The number of nitrogens with two attached hydrogens (primary N) is 1. The summed E-state index contributed by atoms with van der Waals surface area (Å²) in [6, 6.07) is 6.25. The second-order valence-electron chi connectivity index (χ2n) is 4.17. The number of fused-ring (bicyclic) bond motifs is 1. The van der Waals surface area contributed by atoms with Crippen LogP contribution in [0.15, 0.2) is 30.5 Å². The van der Waals surface area contributed by atoms with Crippen LogP contribution in [-0.4, -0.2) is 15.9 Å². The minimum Gasteiger partial charge on any atom is -0.383 e. The summed E-state index contributed by atoms with van der Waals surface area (Å²) < 4.78 is 14.0. The number of rotatable bonds is 2. The zero-order chi connectivity index (χ0) is 15.0. The predicted octanol–water partition coefficient (Wildman–Crippen LogP) is 3.32. The van der Waals surface area contributed by atoms with Crippen molar-refractivity contribution >= 4 is 50.0 Å². The maximum Gasteiger partial charge on any atom is 0.261 e. The second kappa shape index (κ2) is 5.27. The average molecular weight is 323 g/mol. The average Bonchev–Trinajstić information content (AvgIpc) is 2.82. The standard InChI is InChI=1S/C13H8ClFN4OS/c14-6-1-2-9-10(3-6)21-13(18-9)19-12(20)8-4-7(15)5-17-11(8)16/h1-5H,(H2,16,17)(H,18,19,20). The van der Waals surface area contributed by atoms with Crippen molar-refractivity contribution < 1.29 is 9.18 Å². The molecular weight excluding hydrogens is 315 g/mol. The van der Waals surface area contributed by atoms with Crippen LogP contribution in [-0.2, 0) is 0 Å². The van der Waals surface area contributed by atoms with Gasteiger partial charge in [0, 0.05) is 5.02 Å². The number of thiazole rings is 1. The summed E-state index contributed by atoms with van der Waals surface area (Å²) in [6.07, 6.45) is 0.950. The van der Waals surface area contributed by atoms with Gasteiger partial charge in [0.25, 0.3) is 5.91 Å². The van der Waals surface area contributed by atoms with Crippen LogP contribution in [0.3, 0.4) is 0 Å². The number of nitrogens with zero attached hydrogens (tertiary/aromatic N) is 2. The molecule has 2 heterocycles. The first-order valence-electron chi connectivity index (χ1n) is 5.81. The smallest absolute Gasteiger partial charge is 0.261 e. The number of benzene rings is 1. The molecule has 1 aromatic carbocycles. The Morgan fingerprint density at radius 1 is 1.38 bits per heavy atom. The summed E-state index contributed by atoms with van der Waals surface area (Å²) in [6.45, 7) is 0. The number of aromatic nitrogens is 2. The van der Waals surface area contributed by atoms with E-state index >= 15 is 0 Å². The van der Waals surface area contributed by atoms with E-state index in [2.05, 4.69) is 15.3 Å². The molecule has 3 N–H and O–H groups in total. The molecule has 2 aromatic heterocycles. The Balaban J connectivity index is 1.90. The SMILES string of the molecule is Nc1ncc(F)cc1C(=O)Nc1nc2ccc(Cl)cc2s1. The molecule has 0 saturated heterocycles. The highest BCUT2D eigenvalue weighted by atomic mass is 35.5. The molecule has 0 atom stereocenters. The van der Waals surface area contributed by atoms with Gasteiger partial charge in [-0.3, -0.25) is 10.1 Å². The lowest BCUT2D eigenvalue weighted by molar-refractivity contribution is 0.102. The van der Waals surface area contributed by atoms with Gasteiger partial charge in [-0.05, 0) is 24.3 Å². The highest BCUT2D eigenvalue weighted by Crippen LogP contribution is 2.28. The van der Waals surface area contributed by atoms with Crippen molar-refractivity contribution in [3.63, 3.8) is 0 Å². The predicted molar refractivity (Wildman–Crippen MR) is 81.2 cm³/mol. The van der Waals surface area contributed by atoms with Crippen molar-refractivity contribution in [3.05, 3.63) is 46.9 Å². The zero-order valence-electron chi connectivity index (χ0n) is 10.4. The molecule has 0 saturated carbocycles. The molecule has 0 radical (unpaired) electrons. The molecule has 1 amide bonds. The van der Waals surface area contributed by atoms with Gasteiger partial charge >= 0.3 is 0 Å². The van der Waals surface area contributed by atoms with E-state index in [9.17, 15) is 9.18 Å². The molecule has 5 nitrogen and oxygen atoms in total. The number of pyridine rings is 1. The Hall–Kier alpha value is -2.25. The van der Waals surface area contributed by atoms with Crippen LogP contribution in [0.25, 0.3) is 10.2 Å². The summed E-state index contributed by atoms with van der Waals surface area (Å²) >= 11 is 7.15. The highest BCUT2D eigenvalue weighted by Gasteiger charge is 2.14. The maximum atomic E-state index is 13.1. The molecule has 106 valence electrons. The Labute approximate surface area is 127 Å². The van der Waals surface area contributed by atoms with Crippen molar-refractivity contribution in [1.29, 1.82) is 0 Å². The lowest BCUT2D eigenvalue weighted by atomic mass is 10.2. The number of amides is 1. The minimum absolute atomic E-state index is 0.0349. The van der Waals surface area contributed by atoms with Gasteiger partial charge in [0.05, 0.1) is 22.0 Å². The molecule has 0 bridgehead atoms. The van der Waals surface area contributed by atoms with Crippen molar-refractivity contribution in [2.24, 2.45) is 0 Å². The van der Waals surface area contributed by atoms with Crippen molar-refractivity contribution in [1.82, 2.24) is 9.97 Å². The first kappa shape index (κ1) is 13.7. The molecule has 0 unspecified atom stereocenters. The fourth-order valence-electron chi connectivity index (χ4n) is 1.75. The van der Waals surface area contributed by atoms with Gasteiger partial charge in [-0.25, -0.2) is 14.4 Å². The Morgan fingerprint density at radius 3 is 3.00 bits per heavy atom. The topological polar surface area (TPSA) is 80.9 Å². The molecule has 0 spiro atoms. The van der Waals surface area contributed by atoms with Gasteiger partial charge in [-0.15, -0.1) is 0 Å². The number of hydrogen-bond donors (Lipinski definition) is 2. The van der Waals surface area contributed by atoms with Crippen LogP contribution in [0, 0.1) is 5.82 Å². The monoisotopic (exact) mass is 322 g/mol. The Morgan fingerprint density at radius 2 is 2.19 bits per heavy atom. The number of halogens is 2. The van der Waals surface area contributed by atoms with E-state index in [0.29, 0.717) is 15.7 Å². The van der Waals surface area contributed by atoms with Gasteiger partial charge in [0.2, 0.25) is 0 Å². The second-order valence-corrected chi connectivity index (χ2v) is 5.64. The third kappa shape index (κ3) is 2.79. The molecule has 0 aliphatic carbocycles. The van der Waals surface area contributed by atoms with Gasteiger partial charge in [-0.2, -0.15) is 0 Å². The van der Waals surface area contributed by atoms with Crippen LogP contribution in [0.5, 0.6) is 0 Å². The van der Waals surface area contributed by atoms with Crippen LogP contribution in [0.4, 0.5) is 15.3 Å². The number of hydrogen-bond acceptors (Lipinski definition) is 5. The molecule has 3 aromatic rings. The molecule has 0 aliphatic rings. The van der Waals surface area contributed by atoms with E-state index < -0.39 is 11.7 Å². The lowest BCUT2D eigenvalue weighted by Gasteiger charge is -2.04. The molecule has 21 heavy (non-hydrogen) atoms. The number of carbonyl (C=O) groups is 1. The normalized spacial score (nSPS) is 10.8. The van der Waals surface area contributed by atoms with E-state index in [0.717, 1.165) is 17.0 Å². The third-order valence-corrected chi connectivity index (χ3v) is 3.87. The van der Waals surface area contributed by atoms with Crippen molar-refractivity contribution in [2.45, 2.75) is 0 Å². The molecule has 0 aliphatic heterocycles. The van der Waals surface area contributed by atoms with Gasteiger partial charge in [0.15, 0.2) is 5.13 Å². The quantitative estimate of drug-likeness (QED) is 0.758. The number of nitrogen functional groups attached to an aromatic ring is 1. The van der Waals surface area contributed by atoms with E-state index in [1.807, 2.05) is 0 Å². The van der Waals surface area contributed by atoms with E-state index in [4.69, 9.17) is 17.3 Å². The largest absolute Gasteiger partial charge is 0.383 e. The first-order valence-corrected chi connectivity index (χ1v) is 7.01. The first-order chi connectivity index (χ1) is 10.0. The number of carbonyl (C=O) groups excluding carboxylic acids is 1. The summed E-state index contributed by atoms with van der Waals surface area (Å²) in [7, 11) is 0. The van der Waals surface area contributed by atoms with Crippen molar-refractivity contribution in [3.8, 4) is 0 Å². The van der Waals surface area contributed by atoms with E-state index in [1.54, 1.807) is 18.2 Å². The van der Waals surface area contributed by atoms with Crippen LogP contribution < -0.4 is 11.1 Å². The van der Waals surface area contributed by atoms with Gasteiger partial charge < -0.3 is 5.73 Å².